The van der Waals surface area contributed by atoms with Gasteiger partial charge in [-0.1, -0.05) is 6.92 Å². The second-order valence-electron chi connectivity index (χ2n) is 2.76. The molecule has 2 atom stereocenters. The van der Waals surface area contributed by atoms with Crippen LogP contribution in [0.25, 0.3) is 0 Å². The quantitative estimate of drug-likeness (QED) is 0.535. The monoisotopic (exact) mass is 175 g/mol. The van der Waals surface area contributed by atoms with Gasteiger partial charge in [-0.05, 0) is 12.5 Å². The second-order valence-corrected chi connectivity index (χ2v) is 2.76. The van der Waals surface area contributed by atoms with Crippen molar-refractivity contribution in [2.24, 2.45) is 17.6 Å². The molecular formula is C7H13NO4. The molecule has 0 bridgehead atoms. The highest BCUT2D eigenvalue weighted by Crippen LogP contribution is 2.14. The van der Waals surface area contributed by atoms with Crippen LogP contribution in [0.1, 0.15) is 13.3 Å². The van der Waals surface area contributed by atoms with E-state index in [0.717, 1.165) is 0 Å². The largest absolute Gasteiger partial charge is 0.481 e. The average Bonchev–Trinajstić information content (AvgIpc) is 1.98. The first-order chi connectivity index (χ1) is 5.49. The van der Waals surface area contributed by atoms with Gasteiger partial charge in [0, 0.05) is 0 Å². The number of hydrogen-bond donors (Lipinski definition) is 3. The Morgan fingerprint density at radius 1 is 1.42 bits per heavy atom. The number of rotatable bonds is 5. The van der Waals surface area contributed by atoms with Crippen molar-refractivity contribution in [3.05, 3.63) is 0 Å². The zero-order valence-corrected chi connectivity index (χ0v) is 6.86. The predicted molar refractivity (Wildman–Crippen MR) is 41.6 cm³/mol. The van der Waals surface area contributed by atoms with E-state index in [4.69, 9.17) is 15.9 Å². The van der Waals surface area contributed by atoms with Gasteiger partial charge < -0.3 is 15.9 Å². The van der Waals surface area contributed by atoms with Gasteiger partial charge >= 0.3 is 11.9 Å². The second kappa shape index (κ2) is 4.71. The number of carboxylic acid groups (broad SMARTS) is 2. The summed E-state index contributed by atoms with van der Waals surface area (Å²) in [4.78, 5) is 20.7. The fourth-order valence-electron chi connectivity index (χ4n) is 0.884. The van der Waals surface area contributed by atoms with E-state index in [9.17, 15) is 9.59 Å². The molecule has 0 amide bonds. The molecule has 5 heteroatoms. The first kappa shape index (κ1) is 10.9. The van der Waals surface area contributed by atoms with E-state index in [1.165, 1.54) is 0 Å². The molecule has 0 spiro atoms. The number of aliphatic carboxylic acids is 2. The number of carbonyl (C=O) groups is 2. The number of hydrogen-bond acceptors (Lipinski definition) is 3. The van der Waals surface area contributed by atoms with Crippen molar-refractivity contribution >= 4 is 11.9 Å². The summed E-state index contributed by atoms with van der Waals surface area (Å²) in [5.74, 6) is -3.40. The molecule has 0 fully saturated rings. The minimum absolute atomic E-state index is 0.185. The average molecular weight is 175 g/mol. The van der Waals surface area contributed by atoms with Crippen LogP contribution >= 0.6 is 0 Å². The third-order valence-corrected chi connectivity index (χ3v) is 1.77. The lowest BCUT2D eigenvalue weighted by atomic mass is 9.91. The van der Waals surface area contributed by atoms with E-state index in [-0.39, 0.29) is 18.9 Å². The van der Waals surface area contributed by atoms with Crippen molar-refractivity contribution in [3.8, 4) is 0 Å². The molecule has 0 saturated heterocycles. The van der Waals surface area contributed by atoms with Crippen LogP contribution in [0.5, 0.6) is 0 Å². The van der Waals surface area contributed by atoms with Gasteiger partial charge in [-0.2, -0.15) is 0 Å². The minimum Gasteiger partial charge on any atom is -0.481 e. The van der Waals surface area contributed by atoms with Gasteiger partial charge in [0.1, 0.15) is 0 Å². The highest BCUT2D eigenvalue weighted by molar-refractivity contribution is 5.77. The van der Waals surface area contributed by atoms with Crippen molar-refractivity contribution in [1.82, 2.24) is 0 Å². The van der Waals surface area contributed by atoms with Crippen molar-refractivity contribution < 1.29 is 19.8 Å². The first-order valence-corrected chi connectivity index (χ1v) is 3.63. The Hall–Kier alpha value is -1.10. The Morgan fingerprint density at radius 3 is 2.17 bits per heavy atom. The maximum absolute atomic E-state index is 10.5. The van der Waals surface area contributed by atoms with E-state index in [1.54, 1.807) is 6.92 Å². The topological polar surface area (TPSA) is 101 Å². The van der Waals surface area contributed by atoms with Crippen LogP contribution < -0.4 is 5.73 Å². The van der Waals surface area contributed by atoms with Gasteiger partial charge in [0.05, 0.1) is 12.3 Å². The van der Waals surface area contributed by atoms with Crippen LogP contribution in [0.15, 0.2) is 0 Å². The van der Waals surface area contributed by atoms with Crippen LogP contribution in [0.2, 0.25) is 0 Å². The molecule has 70 valence electrons. The summed E-state index contributed by atoms with van der Waals surface area (Å²) in [5, 5.41) is 17.0. The zero-order chi connectivity index (χ0) is 9.72. The van der Waals surface area contributed by atoms with E-state index >= 15 is 0 Å². The fourth-order valence-corrected chi connectivity index (χ4v) is 0.884. The van der Waals surface area contributed by atoms with E-state index in [2.05, 4.69) is 0 Å². The lowest BCUT2D eigenvalue weighted by molar-refractivity contribution is -0.149. The maximum atomic E-state index is 10.5. The number of carboxylic acids is 2. The number of nitrogens with two attached hydrogens (primary N) is 1. The predicted octanol–water partition coefficient (Wildman–Crippen LogP) is -0.243. The Balaban J connectivity index is 4.22. The summed E-state index contributed by atoms with van der Waals surface area (Å²) >= 11 is 0. The Bertz CT molecular complexity index is 180. The van der Waals surface area contributed by atoms with Crippen molar-refractivity contribution in [2.45, 2.75) is 13.3 Å². The fraction of sp³-hybridized carbons (Fsp3) is 0.714. The molecule has 0 radical (unpaired) electrons. The molecule has 0 rings (SSSR count). The molecule has 0 aliphatic heterocycles. The highest BCUT2D eigenvalue weighted by Gasteiger charge is 2.26. The molecule has 4 N–H and O–H groups in total. The van der Waals surface area contributed by atoms with E-state index < -0.39 is 17.9 Å². The summed E-state index contributed by atoms with van der Waals surface area (Å²) < 4.78 is 0. The lowest BCUT2D eigenvalue weighted by Crippen LogP contribution is -2.29. The smallest absolute Gasteiger partial charge is 0.307 e. The van der Waals surface area contributed by atoms with Crippen molar-refractivity contribution in [2.75, 3.05) is 6.54 Å². The third kappa shape index (κ3) is 3.34. The Morgan fingerprint density at radius 2 is 1.92 bits per heavy atom. The summed E-state index contributed by atoms with van der Waals surface area (Å²) in [6, 6.07) is 0. The Kier molecular flexibility index (Phi) is 4.28. The van der Waals surface area contributed by atoms with E-state index in [1.807, 2.05) is 0 Å². The van der Waals surface area contributed by atoms with Gasteiger partial charge in [-0.25, -0.2) is 0 Å². The standard InChI is InChI=1S/C7H13NO4/c1-4(3-8)5(7(11)12)2-6(9)10/h4-5H,2-3,8H2,1H3,(H,9,10)(H,11,12). The SMILES string of the molecule is CC(CN)C(CC(=O)O)C(=O)O. The molecule has 0 aliphatic carbocycles. The van der Waals surface area contributed by atoms with Gasteiger partial charge in [-0.3, -0.25) is 9.59 Å². The molecule has 5 nitrogen and oxygen atoms in total. The molecule has 0 aromatic heterocycles. The summed E-state index contributed by atoms with van der Waals surface area (Å²) in [6.45, 7) is 1.81. The van der Waals surface area contributed by atoms with Crippen LogP contribution in [0.4, 0.5) is 0 Å². The molecule has 2 unspecified atom stereocenters. The highest BCUT2D eigenvalue weighted by atomic mass is 16.4. The molecular weight excluding hydrogens is 162 g/mol. The van der Waals surface area contributed by atoms with Crippen LogP contribution in [-0.4, -0.2) is 28.7 Å². The van der Waals surface area contributed by atoms with Gasteiger partial charge in [0.25, 0.3) is 0 Å². The van der Waals surface area contributed by atoms with Crippen molar-refractivity contribution in [3.63, 3.8) is 0 Å². The van der Waals surface area contributed by atoms with E-state index in [0.29, 0.717) is 0 Å². The normalized spacial score (nSPS) is 15.2. The van der Waals surface area contributed by atoms with Gasteiger partial charge in [0.15, 0.2) is 0 Å². The van der Waals surface area contributed by atoms with Crippen LogP contribution in [0.3, 0.4) is 0 Å². The maximum Gasteiger partial charge on any atom is 0.307 e. The molecule has 0 aliphatic rings. The Labute approximate surface area is 70.2 Å². The molecule has 0 aromatic rings. The zero-order valence-electron chi connectivity index (χ0n) is 6.86. The third-order valence-electron chi connectivity index (χ3n) is 1.77. The molecule has 0 heterocycles. The molecule has 0 aromatic carbocycles. The van der Waals surface area contributed by atoms with Gasteiger partial charge in [-0.15, -0.1) is 0 Å². The summed E-state index contributed by atoms with van der Waals surface area (Å²) in [7, 11) is 0. The minimum atomic E-state index is -1.11. The van der Waals surface area contributed by atoms with Crippen molar-refractivity contribution in [1.29, 1.82) is 0 Å². The lowest BCUT2D eigenvalue weighted by Gasteiger charge is -2.15. The molecule has 0 saturated carbocycles. The van der Waals surface area contributed by atoms with Crippen LogP contribution in [0, 0.1) is 11.8 Å². The summed E-state index contributed by atoms with van der Waals surface area (Å²) in [5.41, 5.74) is 5.23. The van der Waals surface area contributed by atoms with Gasteiger partial charge in [0.2, 0.25) is 0 Å². The first-order valence-electron chi connectivity index (χ1n) is 3.63. The van der Waals surface area contributed by atoms with Crippen LogP contribution in [-0.2, 0) is 9.59 Å². The summed E-state index contributed by atoms with van der Waals surface area (Å²) in [6.07, 6.45) is -0.367. The molecule has 12 heavy (non-hydrogen) atoms.